The number of anilines is 1. The lowest BCUT2D eigenvalue weighted by Crippen LogP contribution is -2.25. The molecule has 0 fully saturated rings. The summed E-state index contributed by atoms with van der Waals surface area (Å²) >= 11 is 0. The third-order valence-corrected chi connectivity index (χ3v) is 2.60. The van der Waals surface area contributed by atoms with Crippen molar-refractivity contribution < 1.29 is 14.4 Å². The van der Waals surface area contributed by atoms with E-state index in [4.69, 9.17) is 9.47 Å². The van der Waals surface area contributed by atoms with Gasteiger partial charge in [0, 0.05) is 19.2 Å². The molecule has 1 aromatic heterocycles. The Bertz CT molecular complexity index is 419. The van der Waals surface area contributed by atoms with Crippen molar-refractivity contribution in [1.29, 1.82) is 0 Å². The van der Waals surface area contributed by atoms with Crippen LogP contribution in [0.1, 0.15) is 19.8 Å². The minimum Gasteiger partial charge on any atom is -0.481 e. The summed E-state index contributed by atoms with van der Waals surface area (Å²) in [6.45, 7) is 2.50. The summed E-state index contributed by atoms with van der Waals surface area (Å²) in [6, 6.07) is 2.83. The monoisotopic (exact) mass is 269 g/mol. The topological polar surface area (TPSA) is 86.5 Å². The molecule has 1 aromatic rings. The first-order valence-corrected chi connectivity index (χ1v) is 6.07. The summed E-state index contributed by atoms with van der Waals surface area (Å²) in [5.74, 6) is 0.542. The summed E-state index contributed by atoms with van der Waals surface area (Å²) in [6.07, 6.45) is 1.78. The van der Waals surface area contributed by atoms with Gasteiger partial charge in [0.25, 0.3) is 0 Å². The van der Waals surface area contributed by atoms with Gasteiger partial charge in [0.15, 0.2) is 0 Å². The molecule has 1 atom stereocenters. The van der Waals surface area contributed by atoms with E-state index in [1.807, 2.05) is 6.92 Å². The van der Waals surface area contributed by atoms with Gasteiger partial charge in [0.1, 0.15) is 0 Å². The maximum absolute atomic E-state index is 11.0. The molecule has 7 nitrogen and oxygen atoms in total. The van der Waals surface area contributed by atoms with Crippen molar-refractivity contribution in [3.8, 4) is 5.88 Å². The number of methoxy groups -OCH3 is 2. The van der Waals surface area contributed by atoms with E-state index in [1.165, 1.54) is 19.2 Å². The van der Waals surface area contributed by atoms with E-state index in [9.17, 15) is 10.1 Å². The van der Waals surface area contributed by atoms with Crippen LogP contribution in [-0.2, 0) is 4.74 Å². The van der Waals surface area contributed by atoms with Crippen LogP contribution < -0.4 is 10.1 Å². The fourth-order valence-corrected chi connectivity index (χ4v) is 1.74. The molecule has 7 heteroatoms. The average molecular weight is 269 g/mol. The highest BCUT2D eigenvalue weighted by atomic mass is 16.6. The normalized spacial score (nSPS) is 11.9. The van der Waals surface area contributed by atoms with E-state index in [0.717, 1.165) is 12.8 Å². The first-order chi connectivity index (χ1) is 9.12. The Morgan fingerprint density at radius 3 is 2.74 bits per heavy atom. The zero-order chi connectivity index (χ0) is 14.3. The van der Waals surface area contributed by atoms with Crippen LogP contribution in [0.3, 0.4) is 0 Å². The van der Waals surface area contributed by atoms with Gasteiger partial charge >= 0.3 is 5.69 Å². The average Bonchev–Trinajstić information content (AvgIpc) is 2.38. The molecule has 1 N–H and O–H groups in total. The first-order valence-electron chi connectivity index (χ1n) is 6.07. The van der Waals surface area contributed by atoms with Gasteiger partial charge in [0.2, 0.25) is 11.7 Å². The van der Waals surface area contributed by atoms with Crippen LogP contribution >= 0.6 is 0 Å². The molecule has 0 amide bonds. The quantitative estimate of drug-likeness (QED) is 0.575. The van der Waals surface area contributed by atoms with Crippen molar-refractivity contribution in [3.63, 3.8) is 0 Å². The van der Waals surface area contributed by atoms with Gasteiger partial charge in [-0.3, -0.25) is 10.1 Å². The minimum absolute atomic E-state index is 0.0201. The fourth-order valence-electron chi connectivity index (χ4n) is 1.74. The van der Waals surface area contributed by atoms with Crippen LogP contribution in [0.25, 0.3) is 0 Å². The van der Waals surface area contributed by atoms with Crippen LogP contribution in [0, 0.1) is 10.1 Å². The van der Waals surface area contributed by atoms with Crippen molar-refractivity contribution in [2.75, 3.05) is 26.1 Å². The van der Waals surface area contributed by atoms with Crippen LogP contribution in [0.4, 0.5) is 11.5 Å². The number of hydrogen-bond acceptors (Lipinski definition) is 6. The molecule has 0 aliphatic carbocycles. The minimum atomic E-state index is -0.468. The number of nitro groups is 1. The molecule has 0 spiro atoms. The molecule has 106 valence electrons. The molecule has 0 saturated carbocycles. The third kappa shape index (κ3) is 4.36. The number of nitrogens with one attached hydrogen (secondary N) is 1. The Hall–Kier alpha value is -1.89. The van der Waals surface area contributed by atoms with Crippen LogP contribution in [0.2, 0.25) is 0 Å². The summed E-state index contributed by atoms with van der Waals surface area (Å²) < 4.78 is 10.1. The van der Waals surface area contributed by atoms with Crippen LogP contribution in [0.5, 0.6) is 5.88 Å². The zero-order valence-corrected chi connectivity index (χ0v) is 11.4. The van der Waals surface area contributed by atoms with Crippen molar-refractivity contribution in [1.82, 2.24) is 4.98 Å². The lowest BCUT2D eigenvalue weighted by molar-refractivity contribution is -0.384. The summed E-state index contributed by atoms with van der Waals surface area (Å²) in [7, 11) is 3.06. The van der Waals surface area contributed by atoms with Gasteiger partial charge in [0.05, 0.1) is 24.7 Å². The fraction of sp³-hybridized carbons (Fsp3) is 0.583. The lowest BCUT2D eigenvalue weighted by atomic mass is 10.2. The second kappa shape index (κ2) is 7.52. The van der Waals surface area contributed by atoms with E-state index >= 15 is 0 Å². The van der Waals surface area contributed by atoms with Crippen LogP contribution in [0.15, 0.2) is 12.1 Å². The summed E-state index contributed by atoms with van der Waals surface area (Å²) in [4.78, 5) is 14.6. The highest BCUT2D eigenvalue weighted by Crippen LogP contribution is 2.26. The standard InChI is InChI=1S/C12H19N3O4/c1-4-5-9(8-18-2)13-12-10(15(16)17)6-7-11(14-12)19-3/h6-7,9H,4-5,8H2,1-3H3,(H,13,14). The molecule has 0 aliphatic rings. The Morgan fingerprint density at radius 2 is 2.21 bits per heavy atom. The molecule has 0 aromatic carbocycles. The Balaban J connectivity index is 2.97. The SMILES string of the molecule is CCCC(COC)Nc1nc(OC)ccc1[N+](=O)[O-]. The van der Waals surface area contributed by atoms with Gasteiger partial charge in [-0.2, -0.15) is 4.98 Å². The molecule has 1 rings (SSSR count). The smallest absolute Gasteiger partial charge is 0.311 e. The predicted molar refractivity (Wildman–Crippen MR) is 71.6 cm³/mol. The van der Waals surface area contributed by atoms with Gasteiger partial charge in [-0.05, 0) is 6.42 Å². The molecule has 0 saturated heterocycles. The summed E-state index contributed by atoms with van der Waals surface area (Å²) in [5, 5.41) is 14.0. The lowest BCUT2D eigenvalue weighted by Gasteiger charge is -2.17. The number of pyridine rings is 1. The molecular formula is C12H19N3O4. The van der Waals surface area contributed by atoms with Crippen molar-refractivity contribution in [2.24, 2.45) is 0 Å². The zero-order valence-electron chi connectivity index (χ0n) is 11.4. The van der Waals surface area contributed by atoms with Crippen molar-refractivity contribution in [3.05, 3.63) is 22.2 Å². The molecule has 1 unspecified atom stereocenters. The highest BCUT2D eigenvalue weighted by molar-refractivity contribution is 5.57. The maximum Gasteiger partial charge on any atom is 0.311 e. The molecule has 0 bridgehead atoms. The Morgan fingerprint density at radius 1 is 1.47 bits per heavy atom. The van der Waals surface area contributed by atoms with Gasteiger partial charge in [-0.15, -0.1) is 0 Å². The van der Waals surface area contributed by atoms with Crippen LogP contribution in [-0.4, -0.2) is 36.8 Å². The number of rotatable bonds is 8. The van der Waals surface area contributed by atoms with E-state index in [1.54, 1.807) is 7.11 Å². The van der Waals surface area contributed by atoms with E-state index < -0.39 is 4.92 Å². The summed E-state index contributed by atoms with van der Waals surface area (Å²) in [5.41, 5.74) is -0.0713. The first kappa shape index (κ1) is 15.2. The highest BCUT2D eigenvalue weighted by Gasteiger charge is 2.19. The van der Waals surface area contributed by atoms with E-state index in [0.29, 0.717) is 12.5 Å². The van der Waals surface area contributed by atoms with E-state index in [-0.39, 0.29) is 17.5 Å². The van der Waals surface area contributed by atoms with Gasteiger partial charge in [-0.1, -0.05) is 13.3 Å². The third-order valence-electron chi connectivity index (χ3n) is 2.60. The molecule has 0 aliphatic heterocycles. The van der Waals surface area contributed by atoms with Gasteiger partial charge in [-0.25, -0.2) is 0 Å². The maximum atomic E-state index is 11.0. The van der Waals surface area contributed by atoms with Crippen molar-refractivity contribution in [2.45, 2.75) is 25.8 Å². The van der Waals surface area contributed by atoms with Crippen molar-refractivity contribution >= 4 is 11.5 Å². The Kier molecular flexibility index (Phi) is 6.01. The molecule has 1 heterocycles. The molecule has 0 radical (unpaired) electrons. The predicted octanol–water partition coefficient (Wildman–Crippen LogP) is 2.23. The second-order valence-electron chi connectivity index (χ2n) is 4.06. The number of aromatic nitrogens is 1. The van der Waals surface area contributed by atoms with Gasteiger partial charge < -0.3 is 14.8 Å². The molecular weight excluding hydrogens is 250 g/mol. The Labute approximate surface area is 112 Å². The number of hydrogen-bond donors (Lipinski definition) is 1. The second-order valence-corrected chi connectivity index (χ2v) is 4.06. The largest absolute Gasteiger partial charge is 0.481 e. The van der Waals surface area contributed by atoms with E-state index in [2.05, 4.69) is 10.3 Å². The molecule has 19 heavy (non-hydrogen) atoms. The number of ether oxygens (including phenoxy) is 2. The number of nitrogens with zero attached hydrogens (tertiary/aromatic N) is 2.